The number of hydrogen-bond acceptors (Lipinski definition) is 3. The van der Waals surface area contributed by atoms with Gasteiger partial charge in [0.25, 0.3) is 0 Å². The standard InChI is InChI=1S/C12H16BrNO2/c1-16-11-3-2-9-4-5-14(6-7-15)8-10(9)12(11)13/h2-3,15H,4-8H2,1H3. The number of ether oxygens (including phenoxy) is 1. The number of aliphatic hydroxyl groups excluding tert-OH is 1. The molecule has 0 radical (unpaired) electrons. The highest BCUT2D eigenvalue weighted by atomic mass is 79.9. The molecule has 0 aromatic heterocycles. The Morgan fingerprint density at radius 2 is 2.31 bits per heavy atom. The third kappa shape index (κ3) is 2.24. The zero-order valence-corrected chi connectivity index (χ0v) is 11.0. The summed E-state index contributed by atoms with van der Waals surface area (Å²) >= 11 is 3.59. The van der Waals surface area contributed by atoms with Crippen molar-refractivity contribution in [3.05, 3.63) is 27.7 Å². The smallest absolute Gasteiger partial charge is 0.133 e. The van der Waals surface area contributed by atoms with Gasteiger partial charge in [-0.25, -0.2) is 0 Å². The Morgan fingerprint density at radius 3 is 3.00 bits per heavy atom. The van der Waals surface area contributed by atoms with E-state index >= 15 is 0 Å². The van der Waals surface area contributed by atoms with Gasteiger partial charge in [-0.3, -0.25) is 4.90 Å². The highest BCUT2D eigenvalue weighted by molar-refractivity contribution is 9.10. The van der Waals surface area contributed by atoms with E-state index in [4.69, 9.17) is 9.84 Å². The van der Waals surface area contributed by atoms with Gasteiger partial charge >= 0.3 is 0 Å². The van der Waals surface area contributed by atoms with Crippen LogP contribution in [-0.4, -0.2) is 36.8 Å². The van der Waals surface area contributed by atoms with E-state index in [9.17, 15) is 0 Å². The van der Waals surface area contributed by atoms with Crippen molar-refractivity contribution in [2.24, 2.45) is 0 Å². The predicted octanol–water partition coefficient (Wildman–Crippen LogP) is 1.81. The van der Waals surface area contributed by atoms with E-state index < -0.39 is 0 Å². The van der Waals surface area contributed by atoms with Gasteiger partial charge < -0.3 is 9.84 Å². The number of halogens is 1. The van der Waals surface area contributed by atoms with Gasteiger partial charge in [-0.05, 0) is 39.5 Å². The lowest BCUT2D eigenvalue weighted by Crippen LogP contribution is -2.33. The van der Waals surface area contributed by atoms with Gasteiger partial charge in [-0.2, -0.15) is 0 Å². The molecular formula is C12H16BrNO2. The molecule has 1 aliphatic rings. The predicted molar refractivity (Wildman–Crippen MR) is 66.8 cm³/mol. The fourth-order valence-corrected chi connectivity index (χ4v) is 2.79. The number of methoxy groups -OCH3 is 1. The fourth-order valence-electron chi connectivity index (χ4n) is 2.12. The van der Waals surface area contributed by atoms with Crippen LogP contribution in [0, 0.1) is 0 Å². The lowest BCUT2D eigenvalue weighted by atomic mass is 9.99. The van der Waals surface area contributed by atoms with Crippen molar-refractivity contribution in [2.75, 3.05) is 26.8 Å². The Kier molecular flexibility index (Phi) is 3.84. The molecule has 0 bridgehead atoms. The molecule has 0 amide bonds. The first-order chi connectivity index (χ1) is 7.76. The number of benzene rings is 1. The van der Waals surface area contributed by atoms with Gasteiger partial charge in [0.05, 0.1) is 18.2 Å². The average Bonchev–Trinajstić information content (AvgIpc) is 2.31. The molecule has 0 saturated heterocycles. The number of hydrogen-bond donors (Lipinski definition) is 1. The highest BCUT2D eigenvalue weighted by Crippen LogP contribution is 2.34. The van der Waals surface area contributed by atoms with E-state index in [-0.39, 0.29) is 6.61 Å². The number of aliphatic hydroxyl groups is 1. The summed E-state index contributed by atoms with van der Waals surface area (Å²) in [5.41, 5.74) is 2.67. The van der Waals surface area contributed by atoms with Gasteiger partial charge in [0, 0.05) is 19.6 Å². The van der Waals surface area contributed by atoms with Crippen LogP contribution >= 0.6 is 15.9 Å². The topological polar surface area (TPSA) is 32.7 Å². The first kappa shape index (κ1) is 11.9. The molecule has 0 spiro atoms. The Morgan fingerprint density at radius 1 is 1.50 bits per heavy atom. The van der Waals surface area contributed by atoms with Crippen LogP contribution in [0.15, 0.2) is 16.6 Å². The maximum absolute atomic E-state index is 8.96. The third-order valence-electron chi connectivity index (χ3n) is 3.02. The van der Waals surface area contributed by atoms with E-state index in [1.807, 2.05) is 6.07 Å². The molecule has 1 heterocycles. The van der Waals surface area contributed by atoms with Crippen molar-refractivity contribution in [3.63, 3.8) is 0 Å². The van der Waals surface area contributed by atoms with E-state index in [1.165, 1.54) is 11.1 Å². The largest absolute Gasteiger partial charge is 0.496 e. The highest BCUT2D eigenvalue weighted by Gasteiger charge is 2.19. The number of nitrogens with zero attached hydrogens (tertiary/aromatic N) is 1. The third-order valence-corrected chi connectivity index (χ3v) is 3.89. The maximum atomic E-state index is 8.96. The quantitative estimate of drug-likeness (QED) is 0.920. The van der Waals surface area contributed by atoms with Crippen LogP contribution in [0.2, 0.25) is 0 Å². The minimum absolute atomic E-state index is 0.219. The van der Waals surface area contributed by atoms with Crippen LogP contribution in [0.25, 0.3) is 0 Å². The molecule has 0 atom stereocenters. The van der Waals surface area contributed by atoms with Crippen LogP contribution < -0.4 is 4.74 Å². The molecular weight excluding hydrogens is 270 g/mol. The summed E-state index contributed by atoms with van der Waals surface area (Å²) in [6, 6.07) is 4.14. The summed E-state index contributed by atoms with van der Waals surface area (Å²) in [6.45, 7) is 2.86. The molecule has 1 aromatic carbocycles. The zero-order valence-electron chi connectivity index (χ0n) is 9.37. The monoisotopic (exact) mass is 285 g/mol. The average molecular weight is 286 g/mol. The summed E-state index contributed by atoms with van der Waals surface area (Å²) in [4.78, 5) is 2.26. The normalized spacial score (nSPS) is 15.9. The second kappa shape index (κ2) is 5.17. The van der Waals surface area contributed by atoms with Gasteiger partial charge in [0.1, 0.15) is 5.75 Å². The van der Waals surface area contributed by atoms with E-state index in [2.05, 4.69) is 26.9 Å². The molecule has 88 valence electrons. The second-order valence-electron chi connectivity index (χ2n) is 3.97. The first-order valence-electron chi connectivity index (χ1n) is 5.43. The molecule has 2 rings (SSSR count). The summed E-state index contributed by atoms with van der Waals surface area (Å²) in [5, 5.41) is 8.96. The van der Waals surface area contributed by atoms with Crippen molar-refractivity contribution < 1.29 is 9.84 Å². The minimum atomic E-state index is 0.219. The molecule has 0 unspecified atom stereocenters. The molecule has 1 aliphatic heterocycles. The molecule has 1 N–H and O–H groups in total. The van der Waals surface area contributed by atoms with Crippen molar-refractivity contribution in [1.29, 1.82) is 0 Å². The second-order valence-corrected chi connectivity index (χ2v) is 4.76. The zero-order chi connectivity index (χ0) is 11.5. The van der Waals surface area contributed by atoms with E-state index in [0.717, 1.165) is 36.3 Å². The van der Waals surface area contributed by atoms with E-state index in [1.54, 1.807) is 7.11 Å². The van der Waals surface area contributed by atoms with Crippen molar-refractivity contribution in [1.82, 2.24) is 4.90 Å². The van der Waals surface area contributed by atoms with Gasteiger partial charge in [-0.1, -0.05) is 6.07 Å². The fraction of sp³-hybridized carbons (Fsp3) is 0.500. The van der Waals surface area contributed by atoms with Crippen LogP contribution in [0.1, 0.15) is 11.1 Å². The molecule has 16 heavy (non-hydrogen) atoms. The van der Waals surface area contributed by atoms with Crippen LogP contribution in [0.3, 0.4) is 0 Å². The SMILES string of the molecule is COc1ccc2c(c1Br)CN(CCO)CC2. The maximum Gasteiger partial charge on any atom is 0.133 e. The molecule has 0 fully saturated rings. The summed E-state index contributed by atoms with van der Waals surface area (Å²) in [6.07, 6.45) is 1.04. The van der Waals surface area contributed by atoms with Crippen LogP contribution in [0.5, 0.6) is 5.75 Å². The number of rotatable bonds is 3. The van der Waals surface area contributed by atoms with Crippen molar-refractivity contribution in [3.8, 4) is 5.75 Å². The summed E-state index contributed by atoms with van der Waals surface area (Å²) in [5.74, 6) is 0.879. The molecule has 0 saturated carbocycles. The number of β-amino-alcohol motifs (C(OH)–C–C–N with tert-alkyl or cyclic N) is 1. The molecule has 3 nitrogen and oxygen atoms in total. The summed E-state index contributed by atoms with van der Waals surface area (Å²) in [7, 11) is 1.68. The Hall–Kier alpha value is -0.580. The molecule has 1 aromatic rings. The Bertz CT molecular complexity index is 382. The van der Waals surface area contributed by atoms with Gasteiger partial charge in [0.2, 0.25) is 0 Å². The van der Waals surface area contributed by atoms with Crippen LogP contribution in [0.4, 0.5) is 0 Å². The van der Waals surface area contributed by atoms with Crippen molar-refractivity contribution >= 4 is 15.9 Å². The van der Waals surface area contributed by atoms with Crippen molar-refractivity contribution in [2.45, 2.75) is 13.0 Å². The van der Waals surface area contributed by atoms with Gasteiger partial charge in [-0.15, -0.1) is 0 Å². The summed E-state index contributed by atoms with van der Waals surface area (Å²) < 4.78 is 6.34. The Labute approximate surface area is 104 Å². The lowest BCUT2D eigenvalue weighted by molar-refractivity contribution is 0.184. The molecule has 4 heteroatoms. The van der Waals surface area contributed by atoms with Crippen LogP contribution in [-0.2, 0) is 13.0 Å². The number of fused-ring (bicyclic) bond motifs is 1. The Balaban J connectivity index is 2.27. The first-order valence-corrected chi connectivity index (χ1v) is 6.23. The lowest BCUT2D eigenvalue weighted by Gasteiger charge is -2.29. The van der Waals surface area contributed by atoms with Gasteiger partial charge in [0.15, 0.2) is 0 Å². The van der Waals surface area contributed by atoms with E-state index in [0.29, 0.717) is 0 Å². The molecule has 0 aliphatic carbocycles. The minimum Gasteiger partial charge on any atom is -0.496 e.